The maximum absolute atomic E-state index is 11.7. The first-order valence-electron chi connectivity index (χ1n) is 5.63. The number of amides is 1. The number of benzene rings is 1. The number of anilines is 1. The highest BCUT2D eigenvalue weighted by molar-refractivity contribution is 6.34. The highest BCUT2D eigenvalue weighted by Gasteiger charge is 2.16. The van der Waals surface area contributed by atoms with E-state index in [1.807, 2.05) is 0 Å². The SMILES string of the molecule is CCOc1cc(Cl)c(C(=O)CC#N)cc1NC(C)=O. The Bertz CT molecular complexity index is 550. The van der Waals surface area contributed by atoms with Crippen molar-refractivity contribution in [1.82, 2.24) is 0 Å². The van der Waals surface area contributed by atoms with Gasteiger partial charge in [-0.25, -0.2) is 0 Å². The largest absolute Gasteiger partial charge is 0.492 e. The fourth-order valence-corrected chi connectivity index (χ4v) is 1.76. The maximum atomic E-state index is 11.7. The van der Waals surface area contributed by atoms with E-state index in [2.05, 4.69) is 5.32 Å². The van der Waals surface area contributed by atoms with Crippen molar-refractivity contribution in [3.63, 3.8) is 0 Å². The number of rotatable bonds is 5. The summed E-state index contributed by atoms with van der Waals surface area (Å²) >= 11 is 5.98. The molecule has 0 aliphatic heterocycles. The van der Waals surface area contributed by atoms with Crippen LogP contribution >= 0.6 is 11.6 Å². The highest BCUT2D eigenvalue weighted by atomic mass is 35.5. The molecule has 1 rings (SSSR count). The lowest BCUT2D eigenvalue weighted by Crippen LogP contribution is -2.10. The van der Waals surface area contributed by atoms with E-state index in [9.17, 15) is 9.59 Å². The molecular weight excluding hydrogens is 268 g/mol. The molecule has 0 fully saturated rings. The first kappa shape index (κ1) is 15.0. The quantitative estimate of drug-likeness (QED) is 0.841. The second-order valence-electron chi connectivity index (χ2n) is 3.70. The Morgan fingerprint density at radius 3 is 2.68 bits per heavy atom. The minimum atomic E-state index is -0.401. The Morgan fingerprint density at radius 2 is 2.16 bits per heavy atom. The average molecular weight is 281 g/mol. The van der Waals surface area contributed by atoms with Crippen molar-refractivity contribution >= 4 is 29.0 Å². The molecule has 1 aromatic carbocycles. The normalized spacial score (nSPS) is 9.58. The number of carbonyl (C=O) groups excluding carboxylic acids is 2. The number of nitriles is 1. The monoisotopic (exact) mass is 280 g/mol. The van der Waals surface area contributed by atoms with Crippen LogP contribution in [0.4, 0.5) is 5.69 Å². The summed E-state index contributed by atoms with van der Waals surface area (Å²) in [7, 11) is 0. The lowest BCUT2D eigenvalue weighted by atomic mass is 10.1. The van der Waals surface area contributed by atoms with Crippen LogP contribution in [-0.2, 0) is 4.79 Å². The number of ketones is 1. The molecular formula is C13H13ClN2O3. The number of nitrogens with one attached hydrogen (secondary N) is 1. The van der Waals surface area contributed by atoms with E-state index < -0.39 is 5.78 Å². The zero-order valence-corrected chi connectivity index (χ0v) is 11.4. The first-order chi connectivity index (χ1) is 8.99. The number of carbonyl (C=O) groups is 2. The van der Waals surface area contributed by atoms with E-state index in [0.29, 0.717) is 18.0 Å². The second-order valence-corrected chi connectivity index (χ2v) is 4.11. The predicted molar refractivity (Wildman–Crippen MR) is 71.5 cm³/mol. The standard InChI is InChI=1S/C13H13ClN2O3/c1-3-19-13-7-10(14)9(12(18)4-5-15)6-11(13)16-8(2)17/h6-7H,3-4H2,1-2H3,(H,16,17). The zero-order valence-electron chi connectivity index (χ0n) is 10.6. The van der Waals surface area contributed by atoms with E-state index in [0.717, 1.165) is 0 Å². The van der Waals surface area contributed by atoms with Gasteiger partial charge in [-0.2, -0.15) is 5.26 Å². The van der Waals surface area contributed by atoms with Crippen LogP contribution in [0.3, 0.4) is 0 Å². The van der Waals surface area contributed by atoms with Gasteiger partial charge in [0.05, 0.1) is 29.8 Å². The van der Waals surface area contributed by atoms with Crippen molar-refractivity contribution in [2.45, 2.75) is 20.3 Å². The Labute approximate surface area is 116 Å². The summed E-state index contributed by atoms with van der Waals surface area (Å²) in [6.45, 7) is 3.54. The molecule has 5 nitrogen and oxygen atoms in total. The second kappa shape index (κ2) is 6.76. The van der Waals surface area contributed by atoms with E-state index in [1.165, 1.54) is 19.1 Å². The predicted octanol–water partition coefficient (Wildman–Crippen LogP) is 2.79. The number of halogens is 1. The molecule has 0 heterocycles. The van der Waals surface area contributed by atoms with Gasteiger partial charge < -0.3 is 10.1 Å². The van der Waals surface area contributed by atoms with Gasteiger partial charge in [-0.05, 0) is 13.0 Å². The molecule has 0 aliphatic rings. The van der Waals surface area contributed by atoms with Crippen molar-refractivity contribution in [2.24, 2.45) is 0 Å². The Balaban J connectivity index is 3.25. The highest BCUT2D eigenvalue weighted by Crippen LogP contribution is 2.32. The van der Waals surface area contributed by atoms with Crippen molar-refractivity contribution in [2.75, 3.05) is 11.9 Å². The number of ether oxygens (including phenoxy) is 1. The van der Waals surface area contributed by atoms with Gasteiger partial charge in [-0.1, -0.05) is 11.6 Å². The maximum Gasteiger partial charge on any atom is 0.221 e. The molecule has 0 aromatic heterocycles. The van der Waals surface area contributed by atoms with E-state index in [-0.39, 0.29) is 22.9 Å². The first-order valence-corrected chi connectivity index (χ1v) is 6.01. The molecule has 0 spiro atoms. The summed E-state index contributed by atoms with van der Waals surface area (Å²) in [6.07, 6.45) is -0.271. The molecule has 0 saturated carbocycles. The molecule has 19 heavy (non-hydrogen) atoms. The summed E-state index contributed by atoms with van der Waals surface area (Å²) in [5.74, 6) is -0.305. The minimum absolute atomic E-state index is 0.190. The molecule has 0 bridgehead atoms. The van der Waals surface area contributed by atoms with Crippen molar-refractivity contribution < 1.29 is 14.3 Å². The van der Waals surface area contributed by atoms with Crippen LogP contribution in [0.25, 0.3) is 0 Å². The molecule has 100 valence electrons. The molecule has 0 radical (unpaired) electrons. The number of hydrogen-bond donors (Lipinski definition) is 1. The van der Waals surface area contributed by atoms with Crippen molar-refractivity contribution in [3.8, 4) is 11.8 Å². The van der Waals surface area contributed by atoms with E-state index in [1.54, 1.807) is 13.0 Å². The zero-order chi connectivity index (χ0) is 14.4. The summed E-state index contributed by atoms with van der Waals surface area (Å²) in [4.78, 5) is 22.8. The molecule has 1 amide bonds. The number of hydrogen-bond acceptors (Lipinski definition) is 4. The average Bonchev–Trinajstić information content (AvgIpc) is 2.32. The van der Waals surface area contributed by atoms with Crippen LogP contribution in [-0.4, -0.2) is 18.3 Å². The summed E-state index contributed by atoms with van der Waals surface area (Å²) in [5.41, 5.74) is 0.551. The van der Waals surface area contributed by atoms with Crippen LogP contribution in [0.2, 0.25) is 5.02 Å². The fourth-order valence-electron chi connectivity index (χ4n) is 1.50. The van der Waals surface area contributed by atoms with Crippen molar-refractivity contribution in [1.29, 1.82) is 5.26 Å². The molecule has 1 aromatic rings. The third-order valence-electron chi connectivity index (χ3n) is 2.22. The third kappa shape index (κ3) is 3.97. The van der Waals surface area contributed by atoms with Gasteiger partial charge in [-0.15, -0.1) is 0 Å². The van der Waals surface area contributed by atoms with Gasteiger partial charge in [0.1, 0.15) is 5.75 Å². The minimum Gasteiger partial charge on any atom is -0.492 e. The topological polar surface area (TPSA) is 79.2 Å². The molecule has 6 heteroatoms. The van der Waals surface area contributed by atoms with Gasteiger partial charge in [0.2, 0.25) is 5.91 Å². The van der Waals surface area contributed by atoms with Gasteiger partial charge in [0, 0.05) is 18.6 Å². The third-order valence-corrected chi connectivity index (χ3v) is 2.53. The molecule has 0 atom stereocenters. The Morgan fingerprint density at radius 1 is 1.47 bits per heavy atom. The van der Waals surface area contributed by atoms with Crippen molar-refractivity contribution in [3.05, 3.63) is 22.7 Å². The van der Waals surface area contributed by atoms with Crippen LogP contribution < -0.4 is 10.1 Å². The van der Waals surface area contributed by atoms with Gasteiger partial charge in [-0.3, -0.25) is 9.59 Å². The van der Waals surface area contributed by atoms with Gasteiger partial charge in [0.15, 0.2) is 5.78 Å². The summed E-state index contributed by atoms with van der Waals surface area (Å²) < 4.78 is 5.34. The fraction of sp³-hybridized carbons (Fsp3) is 0.308. The van der Waals surface area contributed by atoms with Crippen LogP contribution in [0.15, 0.2) is 12.1 Å². The smallest absolute Gasteiger partial charge is 0.221 e. The van der Waals surface area contributed by atoms with Crippen LogP contribution in [0, 0.1) is 11.3 Å². The molecule has 1 N–H and O–H groups in total. The summed E-state index contributed by atoms with van der Waals surface area (Å²) in [6, 6.07) is 4.65. The van der Waals surface area contributed by atoms with Crippen LogP contribution in [0.1, 0.15) is 30.6 Å². The molecule has 0 unspecified atom stereocenters. The lowest BCUT2D eigenvalue weighted by Gasteiger charge is -2.13. The molecule has 0 aliphatic carbocycles. The Hall–Kier alpha value is -2.06. The number of nitrogens with zero attached hydrogens (tertiary/aromatic N) is 1. The molecule has 0 saturated heterocycles. The van der Waals surface area contributed by atoms with Gasteiger partial charge >= 0.3 is 0 Å². The summed E-state index contributed by atoms with van der Waals surface area (Å²) in [5, 5.41) is 11.3. The van der Waals surface area contributed by atoms with Crippen LogP contribution in [0.5, 0.6) is 5.75 Å². The lowest BCUT2D eigenvalue weighted by molar-refractivity contribution is -0.114. The van der Waals surface area contributed by atoms with E-state index in [4.69, 9.17) is 21.6 Å². The number of Topliss-reactive ketones (excluding diaryl/α,β-unsaturated/α-hetero) is 1. The van der Waals surface area contributed by atoms with E-state index >= 15 is 0 Å². The van der Waals surface area contributed by atoms with Gasteiger partial charge in [0.25, 0.3) is 0 Å². The Kier molecular flexibility index (Phi) is 5.34.